The number of hydrogen-bond acceptors (Lipinski definition) is 5. The normalized spacial score (nSPS) is 11.2. The van der Waals surface area contributed by atoms with Gasteiger partial charge in [-0.15, -0.1) is 10.2 Å². The Labute approximate surface area is 156 Å². The van der Waals surface area contributed by atoms with Crippen molar-refractivity contribution in [1.29, 1.82) is 0 Å². The summed E-state index contributed by atoms with van der Waals surface area (Å²) in [7, 11) is 0. The summed E-state index contributed by atoms with van der Waals surface area (Å²) in [5, 5.41) is 11.6. The van der Waals surface area contributed by atoms with E-state index >= 15 is 0 Å². The topological polar surface area (TPSA) is 93.8 Å². The maximum Gasteiger partial charge on any atom is 0.248 e. The molecule has 27 heavy (non-hydrogen) atoms. The third-order valence-electron chi connectivity index (χ3n) is 4.24. The summed E-state index contributed by atoms with van der Waals surface area (Å²) in [4.78, 5) is 15.5. The minimum absolute atomic E-state index is 0.316. The van der Waals surface area contributed by atoms with E-state index in [1.807, 2.05) is 32.0 Å². The van der Waals surface area contributed by atoms with Gasteiger partial charge in [0.05, 0.1) is 11.9 Å². The fourth-order valence-corrected chi connectivity index (χ4v) is 2.59. The number of benzene rings is 1. The molecule has 1 aromatic carbocycles. The molecule has 3 rings (SSSR count). The van der Waals surface area contributed by atoms with Crippen LogP contribution in [0.15, 0.2) is 54.7 Å². The second kappa shape index (κ2) is 7.49. The van der Waals surface area contributed by atoms with Crippen LogP contribution < -0.4 is 11.1 Å². The molecule has 138 valence electrons. The first kappa shape index (κ1) is 18.4. The van der Waals surface area contributed by atoms with Gasteiger partial charge in [-0.3, -0.25) is 9.78 Å². The molecule has 2 heterocycles. The van der Waals surface area contributed by atoms with Gasteiger partial charge in [-0.1, -0.05) is 26.0 Å². The van der Waals surface area contributed by atoms with E-state index in [0.717, 1.165) is 11.3 Å². The van der Waals surface area contributed by atoms with Crippen LogP contribution in [0.4, 0.5) is 10.2 Å². The van der Waals surface area contributed by atoms with Crippen LogP contribution in [0.3, 0.4) is 0 Å². The zero-order valence-electron chi connectivity index (χ0n) is 15.1. The average Bonchev–Trinajstić information content (AvgIpc) is 2.67. The van der Waals surface area contributed by atoms with Gasteiger partial charge >= 0.3 is 0 Å². The van der Waals surface area contributed by atoms with Crippen LogP contribution in [0.25, 0.3) is 11.3 Å². The molecule has 0 radical (unpaired) electrons. The minimum atomic E-state index is -0.486. The molecule has 0 aliphatic rings. The highest BCUT2D eigenvalue weighted by Crippen LogP contribution is 2.22. The van der Waals surface area contributed by atoms with Crippen molar-refractivity contribution in [3.8, 4) is 11.3 Å². The Kier molecular flexibility index (Phi) is 5.12. The summed E-state index contributed by atoms with van der Waals surface area (Å²) in [6, 6.07) is 13.6. The second-order valence-electron chi connectivity index (χ2n) is 6.85. The van der Waals surface area contributed by atoms with E-state index in [1.54, 1.807) is 24.3 Å². The summed E-state index contributed by atoms with van der Waals surface area (Å²) < 4.78 is 13.1. The van der Waals surface area contributed by atoms with Crippen molar-refractivity contribution in [2.45, 2.75) is 19.3 Å². The molecule has 0 aliphatic heterocycles. The van der Waals surface area contributed by atoms with Crippen molar-refractivity contribution in [3.63, 3.8) is 0 Å². The van der Waals surface area contributed by atoms with Crippen LogP contribution in [0.2, 0.25) is 0 Å². The number of carbonyl (C=O) groups is 1. The van der Waals surface area contributed by atoms with E-state index in [2.05, 4.69) is 20.5 Å². The Morgan fingerprint density at radius 2 is 1.96 bits per heavy atom. The first-order chi connectivity index (χ1) is 12.8. The van der Waals surface area contributed by atoms with Gasteiger partial charge in [0.2, 0.25) is 5.91 Å². The Morgan fingerprint density at radius 1 is 1.15 bits per heavy atom. The van der Waals surface area contributed by atoms with Gasteiger partial charge in [0.15, 0.2) is 0 Å². The highest BCUT2D eigenvalue weighted by molar-refractivity contribution is 5.93. The molecule has 0 fully saturated rings. The zero-order chi connectivity index (χ0) is 19.4. The predicted molar refractivity (Wildman–Crippen MR) is 102 cm³/mol. The van der Waals surface area contributed by atoms with E-state index in [-0.39, 0.29) is 11.2 Å². The largest absolute Gasteiger partial charge is 0.368 e. The van der Waals surface area contributed by atoms with Crippen LogP contribution in [0, 0.1) is 5.82 Å². The smallest absolute Gasteiger partial charge is 0.248 e. The monoisotopic (exact) mass is 365 g/mol. The van der Waals surface area contributed by atoms with Crippen molar-refractivity contribution >= 4 is 11.7 Å². The number of nitrogens with two attached hydrogens (primary N) is 1. The van der Waals surface area contributed by atoms with Gasteiger partial charge in [0.1, 0.15) is 11.6 Å². The molecule has 0 aliphatic carbocycles. The number of hydrogen-bond donors (Lipinski definition) is 2. The molecule has 0 atom stereocenters. The Hall–Kier alpha value is -3.35. The van der Waals surface area contributed by atoms with E-state index in [4.69, 9.17) is 5.73 Å². The molecule has 0 unspecified atom stereocenters. The summed E-state index contributed by atoms with van der Waals surface area (Å²) >= 11 is 0. The van der Waals surface area contributed by atoms with E-state index in [1.165, 1.54) is 12.3 Å². The molecular formula is C20H20FN5O. The number of anilines is 1. The number of aromatic nitrogens is 3. The summed E-state index contributed by atoms with van der Waals surface area (Å²) in [5.41, 5.74) is 7.60. The van der Waals surface area contributed by atoms with Crippen LogP contribution >= 0.6 is 0 Å². The van der Waals surface area contributed by atoms with Gasteiger partial charge < -0.3 is 11.1 Å². The number of halogens is 1. The number of pyridine rings is 1. The predicted octanol–water partition coefficient (Wildman–Crippen LogP) is 3.17. The molecular weight excluding hydrogens is 345 g/mol. The molecule has 0 spiro atoms. The Bertz CT molecular complexity index is 939. The number of nitrogens with one attached hydrogen (secondary N) is 1. The van der Waals surface area contributed by atoms with Crippen LogP contribution in [0.1, 0.15) is 29.9 Å². The van der Waals surface area contributed by atoms with E-state index in [0.29, 0.717) is 23.6 Å². The van der Waals surface area contributed by atoms with Gasteiger partial charge in [0, 0.05) is 28.8 Å². The first-order valence-corrected chi connectivity index (χ1v) is 8.45. The fraction of sp³-hybridized carbons (Fsp3) is 0.200. The molecule has 0 saturated heterocycles. The standard InChI is InChI=1S/C20H20FN5O/c1-20(2,17-8-6-15(21)11-23-17)12-24-18-9-7-16(25-26-18)13-4-3-5-14(10-13)19(22)27/h3-11H,12H2,1-2H3,(H2,22,27)(H,24,26). The number of primary amides is 1. The molecule has 6 nitrogen and oxygen atoms in total. The molecule has 7 heteroatoms. The summed E-state index contributed by atoms with van der Waals surface area (Å²) in [6.07, 6.45) is 1.21. The van der Waals surface area contributed by atoms with Crippen LogP contribution in [-0.2, 0) is 5.41 Å². The quantitative estimate of drug-likeness (QED) is 0.700. The second-order valence-corrected chi connectivity index (χ2v) is 6.85. The van der Waals surface area contributed by atoms with Crippen molar-refractivity contribution < 1.29 is 9.18 Å². The lowest BCUT2D eigenvalue weighted by Gasteiger charge is -2.24. The van der Waals surface area contributed by atoms with Gasteiger partial charge in [0.25, 0.3) is 0 Å². The maximum atomic E-state index is 13.1. The lowest BCUT2D eigenvalue weighted by atomic mass is 9.88. The van der Waals surface area contributed by atoms with Crippen molar-refractivity contribution in [2.75, 3.05) is 11.9 Å². The van der Waals surface area contributed by atoms with Crippen molar-refractivity contribution in [3.05, 3.63) is 71.8 Å². The van der Waals surface area contributed by atoms with Gasteiger partial charge in [-0.2, -0.15) is 0 Å². The molecule has 0 bridgehead atoms. The van der Waals surface area contributed by atoms with Crippen molar-refractivity contribution in [2.24, 2.45) is 5.73 Å². The SMILES string of the molecule is CC(C)(CNc1ccc(-c2cccc(C(N)=O)c2)nn1)c1ccc(F)cn1. The number of carbonyl (C=O) groups excluding carboxylic acids is 1. The van der Waals surface area contributed by atoms with E-state index in [9.17, 15) is 9.18 Å². The third-order valence-corrected chi connectivity index (χ3v) is 4.24. The molecule has 2 aromatic heterocycles. The highest BCUT2D eigenvalue weighted by atomic mass is 19.1. The summed E-state index contributed by atoms with van der Waals surface area (Å²) in [6.45, 7) is 4.57. The van der Waals surface area contributed by atoms with Crippen LogP contribution in [0.5, 0.6) is 0 Å². The molecule has 3 aromatic rings. The van der Waals surface area contributed by atoms with Crippen molar-refractivity contribution in [1.82, 2.24) is 15.2 Å². The zero-order valence-corrected chi connectivity index (χ0v) is 15.1. The lowest BCUT2D eigenvalue weighted by Crippen LogP contribution is -2.29. The molecule has 0 saturated carbocycles. The van der Waals surface area contributed by atoms with Gasteiger partial charge in [-0.05, 0) is 36.4 Å². The number of rotatable bonds is 6. The number of amides is 1. The lowest BCUT2D eigenvalue weighted by molar-refractivity contribution is 0.100. The maximum absolute atomic E-state index is 13.1. The Balaban J connectivity index is 1.70. The van der Waals surface area contributed by atoms with E-state index < -0.39 is 5.91 Å². The Morgan fingerprint density at radius 3 is 2.59 bits per heavy atom. The van der Waals surface area contributed by atoms with Crippen LogP contribution in [-0.4, -0.2) is 27.6 Å². The van der Waals surface area contributed by atoms with Gasteiger partial charge in [-0.25, -0.2) is 4.39 Å². The first-order valence-electron chi connectivity index (χ1n) is 8.45. The highest BCUT2D eigenvalue weighted by Gasteiger charge is 2.22. The minimum Gasteiger partial charge on any atom is -0.368 e. The average molecular weight is 365 g/mol. The number of nitrogens with zero attached hydrogens (tertiary/aromatic N) is 3. The fourth-order valence-electron chi connectivity index (χ4n) is 2.59. The summed E-state index contributed by atoms with van der Waals surface area (Å²) in [5.74, 6) is -0.232. The third kappa shape index (κ3) is 4.44. The molecule has 1 amide bonds. The molecule has 3 N–H and O–H groups in total.